The molecule has 1 atom stereocenters. The van der Waals surface area contributed by atoms with Gasteiger partial charge in [0.1, 0.15) is 0 Å². The number of aryl methyl sites for hydroxylation is 1. The quantitative estimate of drug-likeness (QED) is 0.857. The zero-order valence-electron chi connectivity index (χ0n) is 10.5. The molecule has 0 spiro atoms. The summed E-state index contributed by atoms with van der Waals surface area (Å²) in [5.41, 5.74) is 1.41. The van der Waals surface area contributed by atoms with E-state index in [9.17, 15) is 0 Å². The molecule has 0 amide bonds. The molecule has 1 aromatic heterocycles. The Kier molecular flexibility index (Phi) is 5.81. The Labute approximate surface area is 113 Å². The maximum atomic E-state index is 3.58. The molecule has 1 aliphatic heterocycles. The first-order chi connectivity index (χ1) is 8.38. The molecule has 0 radical (unpaired) electrons. The van der Waals surface area contributed by atoms with Crippen molar-refractivity contribution < 1.29 is 0 Å². The normalized spacial score (nSPS) is 20.6. The summed E-state index contributed by atoms with van der Waals surface area (Å²) in [5.74, 6) is 3.97. The van der Waals surface area contributed by atoms with Crippen LogP contribution in [0.5, 0.6) is 0 Å². The van der Waals surface area contributed by atoms with E-state index in [0.717, 1.165) is 24.9 Å². The van der Waals surface area contributed by atoms with Gasteiger partial charge in [-0.05, 0) is 18.1 Å². The summed E-state index contributed by atoms with van der Waals surface area (Å²) in [4.78, 5) is 0. The third kappa shape index (κ3) is 4.60. The van der Waals surface area contributed by atoms with Crippen molar-refractivity contribution in [2.24, 2.45) is 0 Å². The minimum absolute atomic E-state index is 0.812. The molecule has 2 heterocycles. The van der Waals surface area contributed by atoms with Crippen LogP contribution in [-0.2, 0) is 13.1 Å². The Morgan fingerprint density at radius 1 is 1.47 bits per heavy atom. The van der Waals surface area contributed by atoms with Crippen LogP contribution >= 0.6 is 23.5 Å². The molecule has 1 N–H and O–H groups in total. The van der Waals surface area contributed by atoms with Crippen LogP contribution in [0.2, 0.25) is 0 Å². The summed E-state index contributed by atoms with van der Waals surface area (Å²) >= 11 is 4.22. The minimum atomic E-state index is 0.812. The molecule has 0 aromatic carbocycles. The van der Waals surface area contributed by atoms with Gasteiger partial charge in [0.05, 0.1) is 0 Å². The Balaban J connectivity index is 1.66. The standard InChI is InChI=1S/C13H22N2S2/c1-2-4-15-5-3-12(10-15)8-14-9-13-11-16-6-7-17-13/h3,5,10,13-14H,2,4,6-9,11H2,1H3. The van der Waals surface area contributed by atoms with Crippen LogP contribution < -0.4 is 5.32 Å². The fourth-order valence-electron chi connectivity index (χ4n) is 2.02. The Hall–Kier alpha value is -0.0600. The van der Waals surface area contributed by atoms with Crippen LogP contribution in [0.3, 0.4) is 0 Å². The monoisotopic (exact) mass is 270 g/mol. The predicted molar refractivity (Wildman–Crippen MR) is 80.0 cm³/mol. The lowest BCUT2D eigenvalue weighted by molar-refractivity contribution is 0.666. The van der Waals surface area contributed by atoms with E-state index in [1.807, 2.05) is 0 Å². The summed E-state index contributed by atoms with van der Waals surface area (Å²) in [6, 6.07) is 2.23. The number of nitrogens with one attached hydrogen (secondary N) is 1. The zero-order valence-corrected chi connectivity index (χ0v) is 12.2. The molecule has 1 fully saturated rings. The van der Waals surface area contributed by atoms with Gasteiger partial charge in [0.25, 0.3) is 0 Å². The maximum Gasteiger partial charge on any atom is 0.0263 e. The van der Waals surface area contributed by atoms with E-state index < -0.39 is 0 Å². The lowest BCUT2D eigenvalue weighted by atomic mass is 10.3. The molecule has 2 rings (SSSR count). The van der Waals surface area contributed by atoms with Crippen molar-refractivity contribution in [3.8, 4) is 0 Å². The van der Waals surface area contributed by atoms with E-state index in [4.69, 9.17) is 0 Å². The molecule has 1 aromatic rings. The second-order valence-corrected chi connectivity index (χ2v) is 7.01. The summed E-state index contributed by atoms with van der Waals surface area (Å²) < 4.78 is 2.28. The van der Waals surface area contributed by atoms with E-state index >= 15 is 0 Å². The van der Waals surface area contributed by atoms with Crippen LogP contribution in [0.4, 0.5) is 0 Å². The average Bonchev–Trinajstić information content (AvgIpc) is 2.79. The largest absolute Gasteiger partial charge is 0.354 e. The highest BCUT2D eigenvalue weighted by molar-refractivity contribution is 8.06. The number of rotatable bonds is 6. The van der Waals surface area contributed by atoms with Crippen molar-refractivity contribution in [2.45, 2.75) is 31.7 Å². The van der Waals surface area contributed by atoms with Crippen molar-refractivity contribution in [3.05, 3.63) is 24.0 Å². The summed E-state index contributed by atoms with van der Waals surface area (Å²) in [6.45, 7) is 5.51. The average molecular weight is 270 g/mol. The van der Waals surface area contributed by atoms with Crippen molar-refractivity contribution in [1.82, 2.24) is 9.88 Å². The second kappa shape index (κ2) is 7.39. The van der Waals surface area contributed by atoms with E-state index in [1.165, 1.54) is 29.2 Å². The molecule has 1 saturated heterocycles. The zero-order chi connectivity index (χ0) is 11.9. The first-order valence-electron chi connectivity index (χ1n) is 6.43. The number of nitrogens with zero attached hydrogens (tertiary/aromatic N) is 1. The fraction of sp³-hybridized carbons (Fsp3) is 0.692. The molecule has 0 aliphatic carbocycles. The predicted octanol–water partition coefficient (Wildman–Crippen LogP) is 2.84. The van der Waals surface area contributed by atoms with Crippen molar-refractivity contribution in [3.63, 3.8) is 0 Å². The Morgan fingerprint density at radius 3 is 3.18 bits per heavy atom. The maximum absolute atomic E-state index is 3.58. The third-order valence-electron chi connectivity index (χ3n) is 2.88. The summed E-state index contributed by atoms with van der Waals surface area (Å²) in [7, 11) is 0. The van der Waals surface area contributed by atoms with E-state index in [1.54, 1.807) is 0 Å². The smallest absolute Gasteiger partial charge is 0.0263 e. The molecule has 4 heteroatoms. The highest BCUT2D eigenvalue weighted by Crippen LogP contribution is 2.23. The molecule has 0 saturated carbocycles. The van der Waals surface area contributed by atoms with Crippen molar-refractivity contribution in [2.75, 3.05) is 23.8 Å². The van der Waals surface area contributed by atoms with Crippen molar-refractivity contribution >= 4 is 23.5 Å². The molecule has 96 valence electrons. The lowest BCUT2D eigenvalue weighted by Crippen LogP contribution is -2.28. The molecular formula is C13H22N2S2. The second-order valence-electron chi connectivity index (χ2n) is 4.46. The van der Waals surface area contributed by atoms with Gasteiger partial charge in [0.2, 0.25) is 0 Å². The molecule has 0 bridgehead atoms. The highest BCUT2D eigenvalue weighted by atomic mass is 32.2. The Morgan fingerprint density at radius 2 is 2.41 bits per heavy atom. The number of thioether (sulfide) groups is 2. The molecule has 2 nitrogen and oxygen atoms in total. The van der Waals surface area contributed by atoms with Crippen LogP contribution in [-0.4, -0.2) is 33.6 Å². The van der Waals surface area contributed by atoms with Crippen molar-refractivity contribution in [1.29, 1.82) is 0 Å². The number of hydrogen-bond acceptors (Lipinski definition) is 3. The van der Waals surface area contributed by atoms with Crippen LogP contribution in [0.15, 0.2) is 18.5 Å². The van der Waals surface area contributed by atoms with Gasteiger partial charge in [0.15, 0.2) is 0 Å². The van der Waals surface area contributed by atoms with Gasteiger partial charge in [-0.2, -0.15) is 23.5 Å². The van der Waals surface area contributed by atoms with Gasteiger partial charge < -0.3 is 9.88 Å². The van der Waals surface area contributed by atoms with E-state index in [0.29, 0.717) is 0 Å². The fourth-order valence-corrected chi connectivity index (χ4v) is 4.67. The van der Waals surface area contributed by atoms with Gasteiger partial charge in [-0.15, -0.1) is 0 Å². The summed E-state index contributed by atoms with van der Waals surface area (Å²) in [6.07, 6.45) is 5.66. The third-order valence-corrected chi connectivity index (χ3v) is 5.72. The first-order valence-corrected chi connectivity index (χ1v) is 8.63. The van der Waals surface area contributed by atoms with Crippen LogP contribution in [0.1, 0.15) is 18.9 Å². The minimum Gasteiger partial charge on any atom is -0.354 e. The molecule has 1 aliphatic rings. The van der Waals surface area contributed by atoms with Gasteiger partial charge in [-0.25, -0.2) is 0 Å². The van der Waals surface area contributed by atoms with Gasteiger partial charge in [-0.1, -0.05) is 6.92 Å². The van der Waals surface area contributed by atoms with E-state index in [2.05, 4.69) is 58.8 Å². The van der Waals surface area contributed by atoms with E-state index in [-0.39, 0.29) is 0 Å². The van der Waals surface area contributed by atoms with Gasteiger partial charge in [-0.3, -0.25) is 0 Å². The van der Waals surface area contributed by atoms with Gasteiger partial charge in [0, 0.05) is 54.5 Å². The number of aromatic nitrogens is 1. The SMILES string of the molecule is CCCn1ccc(CNCC2CSCCS2)c1. The summed E-state index contributed by atoms with van der Waals surface area (Å²) in [5, 5.41) is 4.39. The van der Waals surface area contributed by atoms with Crippen LogP contribution in [0.25, 0.3) is 0 Å². The van der Waals surface area contributed by atoms with Crippen LogP contribution in [0, 0.1) is 0 Å². The lowest BCUT2D eigenvalue weighted by Gasteiger charge is -2.21. The topological polar surface area (TPSA) is 17.0 Å². The van der Waals surface area contributed by atoms with Gasteiger partial charge >= 0.3 is 0 Å². The molecule has 17 heavy (non-hydrogen) atoms. The Bertz CT molecular complexity index is 319. The highest BCUT2D eigenvalue weighted by Gasteiger charge is 2.13. The molecular weight excluding hydrogens is 248 g/mol. The molecule has 1 unspecified atom stereocenters. The first kappa shape index (κ1) is 13.4. The number of hydrogen-bond donors (Lipinski definition) is 1.